The van der Waals surface area contributed by atoms with Gasteiger partial charge in [0.25, 0.3) is 5.91 Å². The van der Waals surface area contributed by atoms with Crippen LogP contribution in [-0.4, -0.2) is 44.2 Å². The number of piperidine rings is 1. The van der Waals surface area contributed by atoms with Gasteiger partial charge in [-0.05, 0) is 63.1 Å². The van der Waals surface area contributed by atoms with Crippen molar-refractivity contribution in [2.24, 2.45) is 5.92 Å². The third-order valence-electron chi connectivity index (χ3n) is 5.42. The number of nitrogens with one attached hydrogen (secondary N) is 3. The Hall–Kier alpha value is -2.22. The topological polar surface area (TPSA) is 101 Å². The van der Waals surface area contributed by atoms with E-state index >= 15 is 0 Å². The van der Waals surface area contributed by atoms with Crippen LogP contribution in [0.2, 0.25) is 0 Å². The first-order valence-electron chi connectivity index (χ1n) is 9.73. The number of aromatic nitrogens is 5. The summed E-state index contributed by atoms with van der Waals surface area (Å²) in [5.41, 5.74) is 3.85. The second kappa shape index (κ2) is 7.99. The molecule has 1 aliphatic carbocycles. The summed E-state index contributed by atoms with van der Waals surface area (Å²) in [4.78, 5) is 12.4. The van der Waals surface area contributed by atoms with Crippen LogP contribution >= 0.6 is 0 Å². The van der Waals surface area contributed by atoms with Crippen molar-refractivity contribution in [3.63, 3.8) is 0 Å². The van der Waals surface area contributed by atoms with Gasteiger partial charge in [-0.2, -0.15) is 5.10 Å². The van der Waals surface area contributed by atoms with Gasteiger partial charge in [0.05, 0.1) is 18.4 Å². The first-order valence-corrected chi connectivity index (χ1v) is 9.73. The molecule has 4 rings (SSSR count). The zero-order valence-corrected chi connectivity index (χ0v) is 15.1. The Morgan fingerprint density at radius 1 is 1.27 bits per heavy atom. The van der Waals surface area contributed by atoms with E-state index < -0.39 is 0 Å². The number of amides is 1. The van der Waals surface area contributed by atoms with Crippen LogP contribution in [0.5, 0.6) is 0 Å². The van der Waals surface area contributed by atoms with E-state index in [9.17, 15) is 4.79 Å². The minimum Gasteiger partial charge on any atom is -0.345 e. The molecule has 0 bridgehead atoms. The summed E-state index contributed by atoms with van der Waals surface area (Å²) in [6, 6.07) is 0. The number of aromatic amines is 1. The van der Waals surface area contributed by atoms with E-state index in [0.717, 1.165) is 38.2 Å². The molecule has 8 nitrogen and oxygen atoms in total. The molecule has 3 heterocycles. The predicted molar refractivity (Wildman–Crippen MR) is 96.6 cm³/mol. The van der Waals surface area contributed by atoms with E-state index in [2.05, 4.69) is 31.1 Å². The molecule has 1 atom stereocenters. The monoisotopic (exact) mass is 357 g/mol. The minimum atomic E-state index is -0.191. The average Bonchev–Trinajstić information content (AvgIpc) is 3.21. The normalized spacial score (nSPS) is 20.4. The van der Waals surface area contributed by atoms with Gasteiger partial charge in [0.1, 0.15) is 0 Å². The van der Waals surface area contributed by atoms with Crippen LogP contribution in [0.3, 0.4) is 0 Å². The molecule has 0 saturated carbocycles. The third-order valence-corrected chi connectivity index (χ3v) is 5.42. The molecular weight excluding hydrogens is 330 g/mol. The number of hydrogen-bond acceptors (Lipinski definition) is 5. The summed E-state index contributed by atoms with van der Waals surface area (Å²) in [5, 5.41) is 22.0. The van der Waals surface area contributed by atoms with Gasteiger partial charge >= 0.3 is 0 Å². The molecule has 1 amide bonds. The van der Waals surface area contributed by atoms with Crippen LogP contribution in [-0.2, 0) is 25.9 Å². The largest absolute Gasteiger partial charge is 0.345 e. The Labute approximate surface area is 153 Å². The Morgan fingerprint density at radius 3 is 3.08 bits per heavy atom. The Bertz CT molecular complexity index is 745. The number of rotatable bonds is 5. The summed E-state index contributed by atoms with van der Waals surface area (Å²) in [6.07, 6.45) is 9.89. The molecular formula is C18H27N7O. The highest BCUT2D eigenvalue weighted by Crippen LogP contribution is 2.21. The van der Waals surface area contributed by atoms with E-state index in [1.54, 1.807) is 10.9 Å². The predicted octanol–water partition coefficient (Wildman–Crippen LogP) is 1.20. The lowest BCUT2D eigenvalue weighted by Crippen LogP contribution is -2.32. The molecule has 3 N–H and O–H groups in total. The lowest BCUT2D eigenvalue weighted by molar-refractivity contribution is 0.0945. The molecule has 2 aliphatic rings. The zero-order valence-electron chi connectivity index (χ0n) is 15.1. The fraction of sp³-hybridized carbons (Fsp3) is 0.667. The van der Waals surface area contributed by atoms with Gasteiger partial charge in [-0.1, -0.05) is 11.6 Å². The quantitative estimate of drug-likeness (QED) is 0.698. The van der Waals surface area contributed by atoms with E-state index in [1.807, 2.05) is 0 Å². The molecule has 0 radical (unpaired) electrons. The molecule has 1 aliphatic heterocycles. The molecule has 1 saturated heterocycles. The fourth-order valence-corrected chi connectivity index (χ4v) is 3.96. The van der Waals surface area contributed by atoms with Gasteiger partial charge in [0.2, 0.25) is 0 Å². The second-order valence-electron chi connectivity index (χ2n) is 7.41. The van der Waals surface area contributed by atoms with Crippen LogP contribution in [0.15, 0.2) is 6.20 Å². The summed E-state index contributed by atoms with van der Waals surface area (Å²) >= 11 is 0. The molecule has 8 heteroatoms. The maximum Gasteiger partial charge on any atom is 0.273 e. The van der Waals surface area contributed by atoms with Crippen LogP contribution in [0.25, 0.3) is 0 Å². The molecule has 1 fully saturated rings. The van der Waals surface area contributed by atoms with Crippen molar-refractivity contribution in [2.45, 2.75) is 58.0 Å². The van der Waals surface area contributed by atoms with Gasteiger partial charge in [0, 0.05) is 12.2 Å². The highest BCUT2D eigenvalue weighted by atomic mass is 16.2. The van der Waals surface area contributed by atoms with Gasteiger partial charge in [0.15, 0.2) is 5.69 Å². The molecule has 26 heavy (non-hydrogen) atoms. The summed E-state index contributed by atoms with van der Waals surface area (Å²) in [6.45, 7) is 3.34. The number of aryl methyl sites for hydroxylation is 1. The summed E-state index contributed by atoms with van der Waals surface area (Å²) in [5.74, 6) is 0.365. The van der Waals surface area contributed by atoms with E-state index in [4.69, 9.17) is 0 Å². The lowest BCUT2D eigenvalue weighted by atomic mass is 10.00. The van der Waals surface area contributed by atoms with Crippen molar-refractivity contribution in [1.82, 2.24) is 35.8 Å². The zero-order chi connectivity index (χ0) is 17.8. The molecule has 2 aromatic rings. The van der Waals surface area contributed by atoms with Crippen molar-refractivity contribution >= 4 is 5.91 Å². The standard InChI is InChI=1S/C18H27N7O/c26-18(17-12-25(24-23-17)11-13-5-4-8-19-9-13)20-10-16-14-6-2-1-3-7-15(14)21-22-16/h12-13,19H,1-11H2,(H,20,26)(H,21,22)/t13-/m0/s1. The number of nitrogens with zero attached hydrogens (tertiary/aromatic N) is 4. The van der Waals surface area contributed by atoms with E-state index in [0.29, 0.717) is 18.2 Å². The number of carbonyl (C=O) groups is 1. The van der Waals surface area contributed by atoms with Crippen LogP contribution in [0.1, 0.15) is 59.5 Å². The lowest BCUT2D eigenvalue weighted by Gasteiger charge is -2.22. The fourth-order valence-electron chi connectivity index (χ4n) is 3.96. The van der Waals surface area contributed by atoms with Crippen molar-refractivity contribution in [1.29, 1.82) is 0 Å². The Balaban J connectivity index is 1.33. The van der Waals surface area contributed by atoms with Crippen molar-refractivity contribution < 1.29 is 4.79 Å². The maximum atomic E-state index is 12.4. The molecule has 2 aromatic heterocycles. The molecule has 140 valence electrons. The molecule has 0 aromatic carbocycles. The van der Waals surface area contributed by atoms with Gasteiger partial charge in [-0.25, -0.2) is 0 Å². The Morgan fingerprint density at radius 2 is 2.19 bits per heavy atom. The highest BCUT2D eigenvalue weighted by Gasteiger charge is 2.18. The summed E-state index contributed by atoms with van der Waals surface area (Å²) < 4.78 is 1.78. The second-order valence-corrected chi connectivity index (χ2v) is 7.41. The number of hydrogen-bond donors (Lipinski definition) is 3. The molecule has 0 unspecified atom stereocenters. The third kappa shape index (κ3) is 3.95. The van der Waals surface area contributed by atoms with Gasteiger partial charge in [-0.3, -0.25) is 14.6 Å². The highest BCUT2D eigenvalue weighted by molar-refractivity contribution is 5.91. The van der Waals surface area contributed by atoms with E-state index in [-0.39, 0.29) is 5.91 Å². The first-order chi connectivity index (χ1) is 12.8. The number of H-pyrrole nitrogens is 1. The first kappa shape index (κ1) is 17.2. The number of carbonyl (C=O) groups excluding carboxylic acids is 1. The van der Waals surface area contributed by atoms with Crippen LogP contribution in [0, 0.1) is 5.92 Å². The smallest absolute Gasteiger partial charge is 0.273 e. The Kier molecular flexibility index (Phi) is 5.29. The van der Waals surface area contributed by atoms with Crippen molar-refractivity contribution in [3.05, 3.63) is 28.8 Å². The number of fused-ring (bicyclic) bond motifs is 1. The average molecular weight is 357 g/mol. The van der Waals surface area contributed by atoms with Gasteiger partial charge in [-0.15, -0.1) is 5.10 Å². The van der Waals surface area contributed by atoms with Crippen LogP contribution in [0.4, 0.5) is 0 Å². The van der Waals surface area contributed by atoms with Crippen molar-refractivity contribution in [2.75, 3.05) is 13.1 Å². The van der Waals surface area contributed by atoms with Crippen LogP contribution < -0.4 is 10.6 Å². The maximum absolute atomic E-state index is 12.4. The van der Waals surface area contributed by atoms with Gasteiger partial charge < -0.3 is 10.6 Å². The molecule has 0 spiro atoms. The summed E-state index contributed by atoms with van der Waals surface area (Å²) in [7, 11) is 0. The van der Waals surface area contributed by atoms with Crippen molar-refractivity contribution in [3.8, 4) is 0 Å². The van der Waals surface area contributed by atoms with E-state index in [1.165, 1.54) is 43.4 Å². The minimum absolute atomic E-state index is 0.191. The SMILES string of the molecule is O=C(NCc1n[nH]c2c1CCCCC2)c1cn(C[C@H]2CCCNC2)nn1.